The second-order valence-corrected chi connectivity index (χ2v) is 5.24. The van der Waals surface area contributed by atoms with Crippen LogP contribution in [0.2, 0.25) is 0 Å². The number of methoxy groups -OCH3 is 1. The van der Waals surface area contributed by atoms with Gasteiger partial charge in [-0.2, -0.15) is 0 Å². The summed E-state index contributed by atoms with van der Waals surface area (Å²) in [4.78, 5) is 6.67. The highest BCUT2D eigenvalue weighted by Gasteiger charge is 2.18. The Hall–Kier alpha value is -0.970. The highest BCUT2D eigenvalue weighted by molar-refractivity contribution is 5.12. The lowest BCUT2D eigenvalue weighted by Gasteiger charge is -2.31. The molecule has 1 fully saturated rings. The monoisotopic (exact) mass is 263 g/mol. The van der Waals surface area contributed by atoms with E-state index in [9.17, 15) is 0 Å². The van der Waals surface area contributed by atoms with E-state index in [2.05, 4.69) is 28.2 Å². The highest BCUT2D eigenvalue weighted by Crippen LogP contribution is 2.13. The number of aromatic nitrogens is 1. The number of pyridine rings is 1. The molecule has 0 saturated carbocycles. The van der Waals surface area contributed by atoms with E-state index in [4.69, 9.17) is 4.74 Å². The van der Waals surface area contributed by atoms with Crippen molar-refractivity contribution in [2.45, 2.75) is 31.9 Å². The standard InChI is InChI=1S/C15H25N3O/c1-13(14-4-3-7-16-12-14)17-8-11-18-9-5-15(19-2)6-10-18/h3-4,7,12-13,15,17H,5-6,8-11H2,1-2H3. The molecule has 106 valence electrons. The van der Waals surface area contributed by atoms with Crippen LogP contribution in [0.15, 0.2) is 24.5 Å². The number of ether oxygens (including phenoxy) is 1. The van der Waals surface area contributed by atoms with Gasteiger partial charge in [-0.25, -0.2) is 0 Å². The van der Waals surface area contributed by atoms with Gasteiger partial charge in [-0.05, 0) is 31.4 Å². The first-order chi connectivity index (χ1) is 9.29. The van der Waals surface area contributed by atoms with Gasteiger partial charge in [-0.3, -0.25) is 4.98 Å². The quantitative estimate of drug-likeness (QED) is 0.850. The van der Waals surface area contributed by atoms with Gasteiger partial charge in [0.1, 0.15) is 0 Å². The fourth-order valence-electron chi connectivity index (χ4n) is 2.56. The first kappa shape index (κ1) is 14.4. The summed E-state index contributed by atoms with van der Waals surface area (Å²) < 4.78 is 5.39. The predicted molar refractivity (Wildman–Crippen MR) is 77.1 cm³/mol. The van der Waals surface area contributed by atoms with E-state index in [1.54, 1.807) is 0 Å². The zero-order valence-corrected chi connectivity index (χ0v) is 12.0. The molecule has 4 heteroatoms. The van der Waals surface area contributed by atoms with E-state index in [0.29, 0.717) is 12.1 Å². The number of piperidine rings is 1. The van der Waals surface area contributed by atoms with Gasteiger partial charge in [0, 0.05) is 51.7 Å². The van der Waals surface area contributed by atoms with Crippen LogP contribution in [-0.2, 0) is 4.74 Å². The summed E-state index contributed by atoms with van der Waals surface area (Å²) in [7, 11) is 1.82. The zero-order valence-electron chi connectivity index (χ0n) is 12.0. The van der Waals surface area contributed by atoms with Crippen LogP contribution in [0, 0.1) is 0 Å². The molecule has 1 atom stereocenters. The van der Waals surface area contributed by atoms with Crippen molar-refractivity contribution in [2.75, 3.05) is 33.3 Å². The third-order valence-electron chi connectivity index (χ3n) is 3.93. The molecule has 2 rings (SSSR count). The van der Waals surface area contributed by atoms with Gasteiger partial charge < -0.3 is 15.0 Å². The molecule has 1 aromatic rings. The lowest BCUT2D eigenvalue weighted by Crippen LogP contribution is -2.40. The van der Waals surface area contributed by atoms with Crippen LogP contribution in [0.4, 0.5) is 0 Å². The molecule has 2 heterocycles. The Balaban J connectivity index is 1.64. The van der Waals surface area contributed by atoms with Gasteiger partial charge in [0.15, 0.2) is 0 Å². The second kappa shape index (κ2) is 7.58. The smallest absolute Gasteiger partial charge is 0.0595 e. The molecule has 1 N–H and O–H groups in total. The molecular formula is C15H25N3O. The van der Waals surface area contributed by atoms with Crippen molar-refractivity contribution in [1.82, 2.24) is 15.2 Å². The van der Waals surface area contributed by atoms with Crippen LogP contribution >= 0.6 is 0 Å². The number of hydrogen-bond donors (Lipinski definition) is 1. The average Bonchev–Trinajstić information content (AvgIpc) is 2.49. The van der Waals surface area contributed by atoms with Gasteiger partial charge in [0.05, 0.1) is 6.10 Å². The summed E-state index contributed by atoms with van der Waals surface area (Å²) in [5, 5.41) is 3.56. The normalized spacial score (nSPS) is 19.5. The third kappa shape index (κ3) is 4.56. The minimum atomic E-state index is 0.366. The number of hydrogen-bond acceptors (Lipinski definition) is 4. The van der Waals surface area contributed by atoms with E-state index >= 15 is 0 Å². The Labute approximate surface area is 116 Å². The number of nitrogens with one attached hydrogen (secondary N) is 1. The molecule has 1 aliphatic rings. The molecule has 1 aliphatic heterocycles. The summed E-state index contributed by atoms with van der Waals surface area (Å²) in [6.45, 7) is 6.63. The summed E-state index contributed by atoms with van der Waals surface area (Å²) >= 11 is 0. The molecular weight excluding hydrogens is 238 g/mol. The van der Waals surface area contributed by atoms with E-state index in [1.807, 2.05) is 25.6 Å². The van der Waals surface area contributed by atoms with Crippen molar-refractivity contribution in [3.05, 3.63) is 30.1 Å². The summed E-state index contributed by atoms with van der Waals surface area (Å²) in [5.41, 5.74) is 1.25. The molecule has 0 amide bonds. The first-order valence-corrected chi connectivity index (χ1v) is 7.18. The van der Waals surface area contributed by atoms with Gasteiger partial charge in [0.2, 0.25) is 0 Å². The maximum Gasteiger partial charge on any atom is 0.0595 e. The van der Waals surface area contributed by atoms with Gasteiger partial charge in [-0.15, -0.1) is 0 Å². The van der Waals surface area contributed by atoms with Crippen molar-refractivity contribution in [1.29, 1.82) is 0 Å². The average molecular weight is 263 g/mol. The Morgan fingerprint density at radius 1 is 1.47 bits per heavy atom. The zero-order chi connectivity index (χ0) is 13.5. The fraction of sp³-hybridized carbons (Fsp3) is 0.667. The lowest BCUT2D eigenvalue weighted by molar-refractivity contribution is 0.0413. The number of likely N-dealkylation sites (tertiary alicyclic amines) is 1. The molecule has 19 heavy (non-hydrogen) atoms. The fourth-order valence-corrected chi connectivity index (χ4v) is 2.56. The molecule has 0 aliphatic carbocycles. The van der Waals surface area contributed by atoms with Crippen molar-refractivity contribution in [3.63, 3.8) is 0 Å². The minimum Gasteiger partial charge on any atom is -0.381 e. The van der Waals surface area contributed by atoms with Crippen molar-refractivity contribution < 1.29 is 4.74 Å². The molecule has 0 radical (unpaired) electrons. The summed E-state index contributed by atoms with van der Waals surface area (Å²) in [6.07, 6.45) is 6.54. The molecule has 1 saturated heterocycles. The second-order valence-electron chi connectivity index (χ2n) is 5.24. The van der Waals surface area contributed by atoms with Crippen LogP contribution in [0.1, 0.15) is 31.4 Å². The van der Waals surface area contributed by atoms with Gasteiger partial charge >= 0.3 is 0 Å². The maximum atomic E-state index is 5.39. The van der Waals surface area contributed by atoms with Gasteiger partial charge in [-0.1, -0.05) is 6.07 Å². The van der Waals surface area contributed by atoms with Crippen molar-refractivity contribution in [2.24, 2.45) is 0 Å². The van der Waals surface area contributed by atoms with Crippen molar-refractivity contribution >= 4 is 0 Å². The number of nitrogens with zero attached hydrogens (tertiary/aromatic N) is 2. The minimum absolute atomic E-state index is 0.366. The number of rotatable bonds is 6. The van der Waals surface area contributed by atoms with Crippen LogP contribution in [0.25, 0.3) is 0 Å². The SMILES string of the molecule is COC1CCN(CCNC(C)c2cccnc2)CC1. The largest absolute Gasteiger partial charge is 0.381 e. The maximum absolute atomic E-state index is 5.39. The van der Waals surface area contributed by atoms with E-state index in [1.165, 1.54) is 5.56 Å². The summed E-state index contributed by atoms with van der Waals surface area (Å²) in [6, 6.07) is 4.47. The Morgan fingerprint density at radius 2 is 2.26 bits per heavy atom. The van der Waals surface area contributed by atoms with Crippen LogP contribution < -0.4 is 5.32 Å². The third-order valence-corrected chi connectivity index (χ3v) is 3.93. The molecule has 1 aromatic heterocycles. The highest BCUT2D eigenvalue weighted by atomic mass is 16.5. The molecule has 1 unspecified atom stereocenters. The Kier molecular flexibility index (Phi) is 5.76. The summed E-state index contributed by atoms with van der Waals surface area (Å²) in [5.74, 6) is 0. The van der Waals surface area contributed by atoms with Crippen LogP contribution in [0.3, 0.4) is 0 Å². The topological polar surface area (TPSA) is 37.4 Å². The van der Waals surface area contributed by atoms with Crippen molar-refractivity contribution in [3.8, 4) is 0 Å². The molecule has 0 aromatic carbocycles. The van der Waals surface area contributed by atoms with Crippen LogP contribution in [-0.4, -0.2) is 49.3 Å². The van der Waals surface area contributed by atoms with E-state index < -0.39 is 0 Å². The van der Waals surface area contributed by atoms with E-state index in [-0.39, 0.29) is 0 Å². The van der Waals surface area contributed by atoms with Gasteiger partial charge in [0.25, 0.3) is 0 Å². The molecule has 0 bridgehead atoms. The Bertz CT molecular complexity index is 350. The first-order valence-electron chi connectivity index (χ1n) is 7.18. The molecule has 4 nitrogen and oxygen atoms in total. The van der Waals surface area contributed by atoms with E-state index in [0.717, 1.165) is 39.0 Å². The van der Waals surface area contributed by atoms with Crippen LogP contribution in [0.5, 0.6) is 0 Å². The molecule has 0 spiro atoms. The lowest BCUT2D eigenvalue weighted by atomic mass is 10.1. The predicted octanol–water partition coefficient (Wildman–Crippen LogP) is 1.84. The Morgan fingerprint density at radius 3 is 2.89 bits per heavy atom.